The van der Waals surface area contributed by atoms with Gasteiger partial charge < -0.3 is 10.6 Å². The summed E-state index contributed by atoms with van der Waals surface area (Å²) in [5.41, 5.74) is 7.09. The first-order chi connectivity index (χ1) is 8.16. The molecule has 1 saturated carbocycles. The highest BCUT2D eigenvalue weighted by Gasteiger charge is 2.17. The van der Waals surface area contributed by atoms with Crippen molar-refractivity contribution in [1.82, 2.24) is 0 Å². The Labute approximate surface area is 103 Å². The molecule has 0 amide bonds. The summed E-state index contributed by atoms with van der Waals surface area (Å²) < 4.78 is 13.3. The van der Waals surface area contributed by atoms with Gasteiger partial charge in [-0.25, -0.2) is 4.39 Å². The van der Waals surface area contributed by atoms with Crippen LogP contribution in [0.4, 0.5) is 15.8 Å². The van der Waals surface area contributed by atoms with Crippen molar-refractivity contribution in [2.45, 2.75) is 44.6 Å². The highest BCUT2D eigenvalue weighted by molar-refractivity contribution is 5.56. The van der Waals surface area contributed by atoms with E-state index in [0.717, 1.165) is 5.69 Å². The molecule has 0 unspecified atom stereocenters. The number of nitrogens with zero attached hydrogens (tertiary/aromatic N) is 1. The lowest BCUT2D eigenvalue weighted by Gasteiger charge is -2.29. The minimum atomic E-state index is -0.250. The van der Waals surface area contributed by atoms with E-state index in [-0.39, 0.29) is 5.82 Å². The second-order valence-electron chi connectivity index (χ2n) is 5.00. The molecule has 1 aromatic carbocycles. The highest BCUT2D eigenvalue weighted by Crippen LogP contribution is 2.27. The summed E-state index contributed by atoms with van der Waals surface area (Å²) in [5.74, 6) is -0.250. The first-order valence-electron chi connectivity index (χ1n) is 6.46. The lowest BCUT2D eigenvalue weighted by atomic mass is 10.1. The molecule has 0 saturated heterocycles. The van der Waals surface area contributed by atoms with Crippen molar-refractivity contribution in [1.29, 1.82) is 0 Å². The summed E-state index contributed by atoms with van der Waals surface area (Å²) in [5, 5.41) is 0. The van der Waals surface area contributed by atoms with Gasteiger partial charge in [0.05, 0.1) is 0 Å². The molecule has 2 rings (SSSR count). The van der Waals surface area contributed by atoms with Gasteiger partial charge in [-0.2, -0.15) is 0 Å². The zero-order valence-corrected chi connectivity index (χ0v) is 10.5. The van der Waals surface area contributed by atoms with Gasteiger partial charge in [0.15, 0.2) is 0 Å². The summed E-state index contributed by atoms with van der Waals surface area (Å²) in [6.45, 7) is 0. The third-order valence-corrected chi connectivity index (χ3v) is 3.68. The van der Waals surface area contributed by atoms with Crippen LogP contribution in [0, 0.1) is 5.82 Å². The maximum atomic E-state index is 13.3. The minimum absolute atomic E-state index is 0.250. The molecular formula is C14H21FN2. The van der Waals surface area contributed by atoms with Crippen LogP contribution in [0.2, 0.25) is 0 Å². The Morgan fingerprint density at radius 1 is 1.12 bits per heavy atom. The van der Waals surface area contributed by atoms with Crippen LogP contribution < -0.4 is 10.6 Å². The standard InChI is InChI=1S/C14H21FN2/c1-17(13-6-4-2-3-5-7-13)14-9-11(15)8-12(16)10-14/h8-10,13H,2-7,16H2,1H3. The average Bonchev–Trinajstić information content (AvgIpc) is 2.55. The van der Waals surface area contributed by atoms with Crippen LogP contribution in [0.15, 0.2) is 18.2 Å². The number of hydrogen-bond donors (Lipinski definition) is 1. The van der Waals surface area contributed by atoms with Crippen molar-refractivity contribution < 1.29 is 4.39 Å². The normalized spacial score (nSPS) is 17.8. The number of nitrogens with two attached hydrogens (primary N) is 1. The van der Waals surface area contributed by atoms with E-state index in [1.54, 1.807) is 6.07 Å². The van der Waals surface area contributed by atoms with Crippen molar-refractivity contribution in [2.24, 2.45) is 0 Å². The molecule has 0 heterocycles. The van der Waals surface area contributed by atoms with E-state index in [1.165, 1.54) is 44.6 Å². The zero-order valence-electron chi connectivity index (χ0n) is 10.5. The van der Waals surface area contributed by atoms with Gasteiger partial charge in [-0.3, -0.25) is 0 Å². The van der Waals surface area contributed by atoms with Crippen LogP contribution in [0.5, 0.6) is 0 Å². The molecule has 94 valence electrons. The molecule has 1 fully saturated rings. The number of nitrogen functional groups attached to an aromatic ring is 1. The molecule has 1 aliphatic rings. The SMILES string of the molecule is CN(c1cc(N)cc(F)c1)C1CCCCCC1. The molecule has 0 aliphatic heterocycles. The van der Waals surface area contributed by atoms with Crippen LogP contribution in [-0.2, 0) is 0 Å². The van der Waals surface area contributed by atoms with E-state index in [0.29, 0.717) is 11.7 Å². The van der Waals surface area contributed by atoms with Crippen LogP contribution in [-0.4, -0.2) is 13.1 Å². The van der Waals surface area contributed by atoms with Crippen molar-refractivity contribution in [3.8, 4) is 0 Å². The van der Waals surface area contributed by atoms with Crippen LogP contribution in [0.25, 0.3) is 0 Å². The van der Waals surface area contributed by atoms with E-state index in [1.807, 2.05) is 13.1 Å². The number of halogens is 1. The lowest BCUT2D eigenvalue weighted by molar-refractivity contribution is 0.551. The molecule has 0 radical (unpaired) electrons. The number of rotatable bonds is 2. The van der Waals surface area contributed by atoms with E-state index in [2.05, 4.69) is 4.90 Å². The quantitative estimate of drug-likeness (QED) is 0.628. The zero-order chi connectivity index (χ0) is 12.3. The average molecular weight is 236 g/mol. The molecule has 17 heavy (non-hydrogen) atoms. The van der Waals surface area contributed by atoms with Gasteiger partial charge in [-0.1, -0.05) is 25.7 Å². The van der Waals surface area contributed by atoms with E-state index >= 15 is 0 Å². The van der Waals surface area contributed by atoms with E-state index < -0.39 is 0 Å². The Kier molecular flexibility index (Phi) is 3.87. The van der Waals surface area contributed by atoms with Gasteiger partial charge in [0.1, 0.15) is 5.82 Å². The molecule has 0 atom stereocenters. The Bertz CT molecular complexity index is 350. The molecule has 3 heteroatoms. The molecular weight excluding hydrogens is 215 g/mol. The van der Waals surface area contributed by atoms with Gasteiger partial charge in [0.2, 0.25) is 0 Å². The van der Waals surface area contributed by atoms with E-state index in [9.17, 15) is 4.39 Å². The monoisotopic (exact) mass is 236 g/mol. The predicted molar refractivity (Wildman–Crippen MR) is 70.7 cm³/mol. The van der Waals surface area contributed by atoms with Gasteiger partial charge >= 0.3 is 0 Å². The third-order valence-electron chi connectivity index (χ3n) is 3.68. The summed E-state index contributed by atoms with van der Waals surface area (Å²) in [4.78, 5) is 2.19. The second-order valence-corrected chi connectivity index (χ2v) is 5.00. The topological polar surface area (TPSA) is 29.3 Å². The molecule has 0 bridgehead atoms. The van der Waals surface area contributed by atoms with Gasteiger partial charge in [-0.05, 0) is 31.0 Å². The predicted octanol–water partition coefficient (Wildman–Crippen LogP) is 3.57. The summed E-state index contributed by atoms with van der Waals surface area (Å²) >= 11 is 0. The van der Waals surface area contributed by atoms with Gasteiger partial charge in [0, 0.05) is 24.5 Å². The van der Waals surface area contributed by atoms with Crippen LogP contribution >= 0.6 is 0 Å². The maximum absolute atomic E-state index is 13.3. The largest absolute Gasteiger partial charge is 0.399 e. The fraction of sp³-hybridized carbons (Fsp3) is 0.571. The Morgan fingerprint density at radius 2 is 1.76 bits per heavy atom. The molecule has 0 aromatic heterocycles. The minimum Gasteiger partial charge on any atom is -0.399 e. The van der Waals surface area contributed by atoms with Crippen LogP contribution in [0.3, 0.4) is 0 Å². The molecule has 0 spiro atoms. The first kappa shape index (κ1) is 12.2. The molecule has 1 aromatic rings. The molecule has 2 N–H and O–H groups in total. The summed E-state index contributed by atoms with van der Waals surface area (Å²) in [6, 6.07) is 5.32. The van der Waals surface area contributed by atoms with Crippen molar-refractivity contribution in [3.05, 3.63) is 24.0 Å². The molecule has 1 aliphatic carbocycles. The number of benzene rings is 1. The Balaban J connectivity index is 2.14. The van der Waals surface area contributed by atoms with Crippen molar-refractivity contribution in [3.63, 3.8) is 0 Å². The van der Waals surface area contributed by atoms with Crippen molar-refractivity contribution >= 4 is 11.4 Å². The highest BCUT2D eigenvalue weighted by atomic mass is 19.1. The van der Waals surface area contributed by atoms with E-state index in [4.69, 9.17) is 5.73 Å². The third kappa shape index (κ3) is 3.11. The maximum Gasteiger partial charge on any atom is 0.127 e. The fourth-order valence-corrected chi connectivity index (χ4v) is 2.66. The van der Waals surface area contributed by atoms with Crippen LogP contribution in [0.1, 0.15) is 38.5 Å². The molecule has 2 nitrogen and oxygen atoms in total. The Hall–Kier alpha value is -1.25. The van der Waals surface area contributed by atoms with Gasteiger partial charge in [-0.15, -0.1) is 0 Å². The smallest absolute Gasteiger partial charge is 0.127 e. The van der Waals surface area contributed by atoms with Gasteiger partial charge in [0.25, 0.3) is 0 Å². The number of anilines is 2. The first-order valence-corrected chi connectivity index (χ1v) is 6.46. The fourth-order valence-electron chi connectivity index (χ4n) is 2.66. The number of hydrogen-bond acceptors (Lipinski definition) is 2. The summed E-state index contributed by atoms with van der Waals surface area (Å²) in [7, 11) is 2.05. The summed E-state index contributed by atoms with van der Waals surface area (Å²) in [6.07, 6.45) is 7.62. The lowest BCUT2D eigenvalue weighted by Crippen LogP contribution is -2.31. The Morgan fingerprint density at radius 3 is 2.35 bits per heavy atom. The van der Waals surface area contributed by atoms with Crippen molar-refractivity contribution in [2.75, 3.05) is 17.7 Å². The second kappa shape index (κ2) is 5.39.